The zero-order chi connectivity index (χ0) is 23.1. The fourth-order valence-corrected chi connectivity index (χ4v) is 4.04. The summed E-state index contributed by atoms with van der Waals surface area (Å²) in [7, 11) is 3.30. The number of furan rings is 1. The van der Waals surface area contributed by atoms with Crippen molar-refractivity contribution in [2.24, 2.45) is 0 Å². The summed E-state index contributed by atoms with van der Waals surface area (Å²) in [4.78, 5) is 12.5. The highest BCUT2D eigenvalue weighted by atomic mass is 16.5. The van der Waals surface area contributed by atoms with Crippen LogP contribution in [0.3, 0.4) is 0 Å². The number of nitrogens with one attached hydrogen (secondary N) is 1. The maximum Gasteiger partial charge on any atom is 0.244 e. The zero-order valence-electron chi connectivity index (χ0n) is 19.7. The van der Waals surface area contributed by atoms with Crippen molar-refractivity contribution in [3.8, 4) is 22.6 Å². The van der Waals surface area contributed by atoms with Crippen LogP contribution in [0.5, 0.6) is 11.5 Å². The standard InChI is InChI=1S/C27H33NO4/c1-6-7-8-11-14-28-25(29)15-18(2)21-16-22-23(20-12-9-10-13-24(20)30-4)17-32-27(22)19(3)26(21)31-5/h9-10,12-13,15-17H,6-8,11,14H2,1-5H3,(H,28,29)/b18-15+. The molecule has 0 aliphatic carbocycles. The number of unbranched alkanes of at least 4 members (excludes halogenated alkanes) is 3. The Morgan fingerprint density at radius 1 is 1.09 bits per heavy atom. The van der Waals surface area contributed by atoms with Gasteiger partial charge in [0, 0.05) is 40.3 Å². The number of para-hydroxylation sites is 1. The molecule has 2 aromatic carbocycles. The lowest BCUT2D eigenvalue weighted by atomic mass is 9.96. The van der Waals surface area contributed by atoms with Gasteiger partial charge >= 0.3 is 0 Å². The van der Waals surface area contributed by atoms with Crippen LogP contribution in [-0.2, 0) is 4.79 Å². The van der Waals surface area contributed by atoms with E-state index in [2.05, 4.69) is 12.2 Å². The number of allylic oxidation sites excluding steroid dienone is 1. The molecule has 0 saturated heterocycles. The van der Waals surface area contributed by atoms with Gasteiger partial charge in [0.15, 0.2) is 0 Å². The van der Waals surface area contributed by atoms with Crippen LogP contribution in [0.4, 0.5) is 0 Å². The molecule has 3 rings (SSSR count). The van der Waals surface area contributed by atoms with Gasteiger partial charge in [0.1, 0.15) is 17.1 Å². The predicted molar refractivity (Wildman–Crippen MR) is 130 cm³/mol. The van der Waals surface area contributed by atoms with Crippen LogP contribution in [0.15, 0.2) is 47.1 Å². The van der Waals surface area contributed by atoms with Gasteiger partial charge in [-0.2, -0.15) is 0 Å². The van der Waals surface area contributed by atoms with Gasteiger partial charge in [0.25, 0.3) is 0 Å². The lowest BCUT2D eigenvalue weighted by Gasteiger charge is -2.14. The first-order valence-corrected chi connectivity index (χ1v) is 11.2. The van der Waals surface area contributed by atoms with E-state index in [1.807, 2.05) is 44.2 Å². The summed E-state index contributed by atoms with van der Waals surface area (Å²) >= 11 is 0. The van der Waals surface area contributed by atoms with E-state index in [4.69, 9.17) is 13.9 Å². The minimum Gasteiger partial charge on any atom is -0.496 e. The molecule has 170 valence electrons. The summed E-state index contributed by atoms with van der Waals surface area (Å²) in [5, 5.41) is 3.94. The number of methoxy groups -OCH3 is 2. The second-order valence-electron chi connectivity index (χ2n) is 7.99. The first kappa shape index (κ1) is 23.5. The summed E-state index contributed by atoms with van der Waals surface area (Å²) in [6.07, 6.45) is 7.90. The van der Waals surface area contributed by atoms with Crippen LogP contribution < -0.4 is 14.8 Å². The Morgan fingerprint density at radius 3 is 2.59 bits per heavy atom. The number of hydrogen-bond donors (Lipinski definition) is 1. The Morgan fingerprint density at radius 2 is 1.88 bits per heavy atom. The quantitative estimate of drug-likeness (QED) is 0.291. The Hall–Kier alpha value is -3.21. The molecule has 0 unspecified atom stereocenters. The third kappa shape index (κ3) is 4.98. The van der Waals surface area contributed by atoms with Crippen molar-refractivity contribution in [2.75, 3.05) is 20.8 Å². The van der Waals surface area contributed by atoms with Crippen LogP contribution >= 0.6 is 0 Å². The minimum atomic E-state index is -0.0871. The van der Waals surface area contributed by atoms with Crippen molar-refractivity contribution in [3.63, 3.8) is 0 Å². The number of rotatable bonds is 10. The number of carbonyl (C=O) groups excluding carboxylic acids is 1. The molecule has 0 atom stereocenters. The van der Waals surface area contributed by atoms with Crippen LogP contribution in [-0.4, -0.2) is 26.7 Å². The molecule has 0 aliphatic heterocycles. The lowest BCUT2D eigenvalue weighted by Crippen LogP contribution is -2.22. The molecule has 5 heteroatoms. The highest BCUT2D eigenvalue weighted by Gasteiger charge is 2.20. The topological polar surface area (TPSA) is 60.7 Å². The van der Waals surface area contributed by atoms with E-state index in [0.717, 1.165) is 57.4 Å². The van der Waals surface area contributed by atoms with E-state index in [9.17, 15) is 4.79 Å². The molecular weight excluding hydrogens is 402 g/mol. The van der Waals surface area contributed by atoms with Gasteiger partial charge in [-0.1, -0.05) is 44.4 Å². The lowest BCUT2D eigenvalue weighted by molar-refractivity contribution is -0.116. The third-order valence-electron chi connectivity index (χ3n) is 5.75. The molecule has 0 saturated carbocycles. The molecule has 32 heavy (non-hydrogen) atoms. The monoisotopic (exact) mass is 435 g/mol. The maximum absolute atomic E-state index is 12.5. The number of hydrogen-bond acceptors (Lipinski definition) is 4. The van der Waals surface area contributed by atoms with E-state index in [0.29, 0.717) is 12.3 Å². The number of amides is 1. The van der Waals surface area contributed by atoms with Crippen molar-refractivity contribution >= 4 is 22.4 Å². The molecule has 1 aromatic heterocycles. The Bertz CT molecular complexity index is 1110. The van der Waals surface area contributed by atoms with Gasteiger partial charge in [0.05, 0.1) is 20.5 Å². The smallest absolute Gasteiger partial charge is 0.244 e. The predicted octanol–water partition coefficient (Wildman–Crippen LogP) is 6.53. The number of fused-ring (bicyclic) bond motifs is 1. The molecule has 1 heterocycles. The number of aryl methyl sites for hydroxylation is 1. The summed E-state index contributed by atoms with van der Waals surface area (Å²) in [6, 6.07) is 9.90. The molecule has 1 amide bonds. The van der Waals surface area contributed by atoms with E-state index in [1.165, 1.54) is 12.8 Å². The van der Waals surface area contributed by atoms with Crippen molar-refractivity contribution < 1.29 is 18.7 Å². The Kier molecular flexibility index (Phi) is 7.98. The third-order valence-corrected chi connectivity index (χ3v) is 5.75. The average molecular weight is 436 g/mol. The first-order valence-electron chi connectivity index (χ1n) is 11.2. The van der Waals surface area contributed by atoms with Crippen LogP contribution in [0.2, 0.25) is 0 Å². The fraction of sp³-hybridized carbons (Fsp3) is 0.370. The largest absolute Gasteiger partial charge is 0.496 e. The van der Waals surface area contributed by atoms with Gasteiger partial charge in [-0.25, -0.2) is 0 Å². The van der Waals surface area contributed by atoms with Crippen molar-refractivity contribution in [1.29, 1.82) is 0 Å². The molecule has 3 aromatic rings. The van der Waals surface area contributed by atoms with Crippen LogP contribution in [0.25, 0.3) is 27.7 Å². The SMILES string of the molecule is CCCCCCNC(=O)/C=C(\C)c1cc2c(-c3ccccc3OC)coc2c(C)c1OC. The number of carbonyl (C=O) groups is 1. The van der Waals surface area contributed by atoms with Gasteiger partial charge in [-0.3, -0.25) is 4.79 Å². The Balaban J connectivity index is 1.98. The van der Waals surface area contributed by atoms with E-state index >= 15 is 0 Å². The molecule has 0 bridgehead atoms. The summed E-state index contributed by atoms with van der Waals surface area (Å²) < 4.78 is 17.2. The molecular formula is C27H33NO4. The average Bonchev–Trinajstić information content (AvgIpc) is 3.23. The van der Waals surface area contributed by atoms with Gasteiger partial charge in [-0.15, -0.1) is 0 Å². The molecule has 0 aliphatic rings. The fourth-order valence-electron chi connectivity index (χ4n) is 4.04. The van der Waals surface area contributed by atoms with Gasteiger partial charge in [0.2, 0.25) is 5.91 Å². The summed E-state index contributed by atoms with van der Waals surface area (Å²) in [6.45, 7) is 6.78. The number of ether oxygens (including phenoxy) is 2. The highest BCUT2D eigenvalue weighted by molar-refractivity contribution is 6.02. The highest BCUT2D eigenvalue weighted by Crippen LogP contribution is 2.42. The second kappa shape index (κ2) is 10.9. The van der Waals surface area contributed by atoms with Gasteiger partial charge in [-0.05, 0) is 38.0 Å². The zero-order valence-corrected chi connectivity index (χ0v) is 19.7. The molecule has 0 radical (unpaired) electrons. The Labute approximate surface area is 190 Å². The summed E-state index contributed by atoms with van der Waals surface area (Å²) in [5.41, 5.74) is 5.27. The van der Waals surface area contributed by atoms with E-state index in [-0.39, 0.29) is 5.91 Å². The normalized spacial score (nSPS) is 11.6. The van der Waals surface area contributed by atoms with E-state index < -0.39 is 0 Å². The number of benzene rings is 2. The van der Waals surface area contributed by atoms with Crippen molar-refractivity contribution in [3.05, 3.63) is 53.8 Å². The van der Waals surface area contributed by atoms with Crippen molar-refractivity contribution in [1.82, 2.24) is 5.32 Å². The maximum atomic E-state index is 12.5. The minimum absolute atomic E-state index is 0.0871. The molecule has 0 spiro atoms. The van der Waals surface area contributed by atoms with Crippen LogP contribution in [0.1, 0.15) is 50.7 Å². The second-order valence-corrected chi connectivity index (χ2v) is 7.99. The van der Waals surface area contributed by atoms with Crippen molar-refractivity contribution in [2.45, 2.75) is 46.5 Å². The van der Waals surface area contributed by atoms with Gasteiger partial charge < -0.3 is 19.2 Å². The molecule has 1 N–H and O–H groups in total. The molecule has 0 fully saturated rings. The summed E-state index contributed by atoms with van der Waals surface area (Å²) in [5.74, 6) is 1.40. The first-order chi connectivity index (χ1) is 15.5. The van der Waals surface area contributed by atoms with Crippen LogP contribution in [0, 0.1) is 6.92 Å². The van der Waals surface area contributed by atoms with E-state index in [1.54, 1.807) is 26.6 Å². The molecule has 5 nitrogen and oxygen atoms in total.